The molecule has 0 aliphatic carbocycles. The smallest absolute Gasteiger partial charge is 0.254 e. The van der Waals surface area contributed by atoms with Crippen LogP contribution in [0, 0.1) is 6.92 Å². The molecule has 90 valence electrons. The Morgan fingerprint density at radius 2 is 2.00 bits per heavy atom. The second-order valence-corrected chi connectivity index (χ2v) is 3.81. The molecule has 0 bridgehead atoms. The predicted molar refractivity (Wildman–Crippen MR) is 66.6 cm³/mol. The van der Waals surface area contributed by atoms with Crippen molar-refractivity contribution in [3.8, 4) is 11.4 Å². The number of aryl methyl sites for hydroxylation is 1. The summed E-state index contributed by atoms with van der Waals surface area (Å²) in [7, 11) is 0. The summed E-state index contributed by atoms with van der Waals surface area (Å²) in [6, 6.07) is 5.49. The van der Waals surface area contributed by atoms with Gasteiger partial charge in [-0.05, 0) is 19.1 Å². The van der Waals surface area contributed by atoms with E-state index in [4.69, 9.17) is 5.84 Å². The lowest BCUT2D eigenvalue weighted by Gasteiger charge is -2.02. The number of nitrogens with two attached hydrogens (primary N) is 1. The molecule has 3 rings (SSSR count). The van der Waals surface area contributed by atoms with Gasteiger partial charge in [-0.15, -0.1) is 5.10 Å². The lowest BCUT2D eigenvalue weighted by molar-refractivity contribution is 0.929. The average Bonchev–Trinajstić information content (AvgIpc) is 2.82. The van der Waals surface area contributed by atoms with Crippen LogP contribution < -0.4 is 11.3 Å². The van der Waals surface area contributed by atoms with Gasteiger partial charge in [0.05, 0.1) is 0 Å². The van der Waals surface area contributed by atoms with Gasteiger partial charge >= 0.3 is 0 Å². The van der Waals surface area contributed by atoms with E-state index in [1.165, 1.54) is 0 Å². The predicted octanol–water partition coefficient (Wildman–Crippen LogP) is 0.780. The minimum Gasteiger partial charge on any atom is -0.308 e. The number of anilines is 1. The maximum Gasteiger partial charge on any atom is 0.254 e. The maximum absolute atomic E-state index is 5.46. The van der Waals surface area contributed by atoms with Crippen LogP contribution in [0.5, 0.6) is 0 Å². The first-order valence-corrected chi connectivity index (χ1v) is 5.39. The molecule has 7 nitrogen and oxygen atoms in total. The standard InChI is InChI=1S/C11H11N7/c1-7-6-9(16-12)18-11(14-7)15-10(17-18)8-2-4-13-5-3-8/h2-6,16H,12H2,1H3. The van der Waals surface area contributed by atoms with Crippen LogP contribution in [0.25, 0.3) is 17.2 Å². The van der Waals surface area contributed by atoms with E-state index >= 15 is 0 Å². The first kappa shape index (κ1) is 10.6. The molecule has 3 aromatic rings. The molecule has 0 spiro atoms. The number of hydrogen-bond donors (Lipinski definition) is 2. The Kier molecular flexibility index (Phi) is 2.38. The largest absolute Gasteiger partial charge is 0.308 e. The zero-order valence-electron chi connectivity index (χ0n) is 9.70. The average molecular weight is 241 g/mol. The molecular formula is C11H11N7. The van der Waals surface area contributed by atoms with Crippen LogP contribution in [0.4, 0.5) is 5.82 Å². The third kappa shape index (κ3) is 1.66. The first-order valence-electron chi connectivity index (χ1n) is 5.39. The number of rotatable bonds is 2. The molecule has 0 saturated carbocycles. The molecule has 0 unspecified atom stereocenters. The fraction of sp³-hybridized carbons (Fsp3) is 0.0909. The summed E-state index contributed by atoms with van der Waals surface area (Å²) in [5, 5.41) is 4.37. The van der Waals surface area contributed by atoms with Crippen LogP contribution in [0.15, 0.2) is 30.6 Å². The van der Waals surface area contributed by atoms with Crippen LogP contribution in [-0.2, 0) is 0 Å². The number of aromatic nitrogens is 5. The second kappa shape index (κ2) is 4.04. The minimum absolute atomic E-state index is 0.509. The van der Waals surface area contributed by atoms with Crippen molar-refractivity contribution in [1.82, 2.24) is 24.6 Å². The SMILES string of the molecule is Cc1cc(NN)n2nc(-c3ccncc3)nc2n1. The van der Waals surface area contributed by atoms with Crippen molar-refractivity contribution >= 4 is 11.6 Å². The Bertz CT molecular complexity index is 689. The number of nitrogens with zero attached hydrogens (tertiary/aromatic N) is 5. The van der Waals surface area contributed by atoms with E-state index in [0.717, 1.165) is 11.3 Å². The first-order chi connectivity index (χ1) is 8.78. The van der Waals surface area contributed by atoms with Gasteiger partial charge in [0.2, 0.25) is 0 Å². The van der Waals surface area contributed by atoms with Crippen molar-refractivity contribution < 1.29 is 0 Å². The van der Waals surface area contributed by atoms with E-state index in [0.29, 0.717) is 17.4 Å². The molecule has 0 saturated heterocycles. The number of pyridine rings is 1. The molecule has 3 heterocycles. The van der Waals surface area contributed by atoms with Gasteiger partial charge in [0.15, 0.2) is 5.82 Å². The monoisotopic (exact) mass is 241 g/mol. The second-order valence-electron chi connectivity index (χ2n) is 3.81. The number of nitrogens with one attached hydrogen (secondary N) is 1. The van der Waals surface area contributed by atoms with Crippen LogP contribution in [0.2, 0.25) is 0 Å². The Morgan fingerprint density at radius 1 is 1.22 bits per heavy atom. The zero-order valence-corrected chi connectivity index (χ0v) is 9.70. The van der Waals surface area contributed by atoms with Crippen molar-refractivity contribution in [2.45, 2.75) is 6.92 Å². The fourth-order valence-corrected chi connectivity index (χ4v) is 1.71. The molecule has 3 aromatic heterocycles. The van der Waals surface area contributed by atoms with E-state index in [2.05, 4.69) is 25.5 Å². The van der Waals surface area contributed by atoms with Crippen LogP contribution in [0.3, 0.4) is 0 Å². The van der Waals surface area contributed by atoms with Gasteiger partial charge < -0.3 is 5.43 Å². The quantitative estimate of drug-likeness (QED) is 0.508. The normalized spacial score (nSPS) is 10.8. The lowest BCUT2D eigenvalue weighted by Crippen LogP contribution is -2.12. The van der Waals surface area contributed by atoms with E-state index in [1.54, 1.807) is 23.0 Å². The summed E-state index contributed by atoms with van der Waals surface area (Å²) in [4.78, 5) is 12.6. The van der Waals surface area contributed by atoms with Gasteiger partial charge in [0.25, 0.3) is 5.78 Å². The molecule has 3 N–H and O–H groups in total. The summed E-state index contributed by atoms with van der Waals surface area (Å²) in [5.41, 5.74) is 4.29. The fourth-order valence-electron chi connectivity index (χ4n) is 1.71. The van der Waals surface area contributed by atoms with Crippen molar-refractivity contribution in [2.24, 2.45) is 5.84 Å². The van der Waals surface area contributed by atoms with Gasteiger partial charge in [-0.3, -0.25) is 4.98 Å². The van der Waals surface area contributed by atoms with Crippen molar-refractivity contribution in [3.63, 3.8) is 0 Å². The molecule has 0 amide bonds. The number of nitrogen functional groups attached to an aromatic ring is 1. The van der Waals surface area contributed by atoms with Crippen LogP contribution >= 0.6 is 0 Å². The van der Waals surface area contributed by atoms with Gasteiger partial charge in [-0.25, -0.2) is 10.8 Å². The molecule has 0 radical (unpaired) electrons. The highest BCUT2D eigenvalue weighted by Gasteiger charge is 2.10. The molecule has 0 fully saturated rings. The van der Waals surface area contributed by atoms with Crippen molar-refractivity contribution in [3.05, 3.63) is 36.3 Å². The molecule has 0 atom stereocenters. The topological polar surface area (TPSA) is 94.0 Å². The summed E-state index contributed by atoms with van der Waals surface area (Å²) in [6.07, 6.45) is 3.39. The molecule has 0 aromatic carbocycles. The third-order valence-corrected chi connectivity index (χ3v) is 2.53. The van der Waals surface area contributed by atoms with Gasteiger partial charge in [-0.2, -0.15) is 9.50 Å². The van der Waals surface area contributed by atoms with Crippen molar-refractivity contribution in [2.75, 3.05) is 5.43 Å². The summed E-state index contributed by atoms with van der Waals surface area (Å²) < 4.78 is 1.57. The zero-order chi connectivity index (χ0) is 12.5. The van der Waals surface area contributed by atoms with Gasteiger partial charge in [-0.1, -0.05) is 0 Å². The summed E-state index contributed by atoms with van der Waals surface area (Å²) >= 11 is 0. The Morgan fingerprint density at radius 3 is 2.72 bits per heavy atom. The van der Waals surface area contributed by atoms with Crippen LogP contribution in [0.1, 0.15) is 5.69 Å². The maximum atomic E-state index is 5.46. The van der Waals surface area contributed by atoms with E-state index in [9.17, 15) is 0 Å². The highest BCUT2D eigenvalue weighted by Crippen LogP contribution is 2.17. The molecule has 0 aliphatic heterocycles. The highest BCUT2D eigenvalue weighted by molar-refractivity contribution is 5.57. The summed E-state index contributed by atoms with van der Waals surface area (Å²) in [6.45, 7) is 1.88. The molecule has 18 heavy (non-hydrogen) atoms. The molecule has 7 heteroatoms. The highest BCUT2D eigenvalue weighted by atomic mass is 15.4. The van der Waals surface area contributed by atoms with Gasteiger partial charge in [0.1, 0.15) is 5.82 Å². The number of hydrazine groups is 1. The van der Waals surface area contributed by atoms with Crippen molar-refractivity contribution in [1.29, 1.82) is 0 Å². The lowest BCUT2D eigenvalue weighted by atomic mass is 10.3. The minimum atomic E-state index is 0.509. The van der Waals surface area contributed by atoms with E-state index < -0.39 is 0 Å². The Hall–Kier alpha value is -2.54. The van der Waals surface area contributed by atoms with Crippen LogP contribution in [-0.4, -0.2) is 24.6 Å². The molecular weight excluding hydrogens is 230 g/mol. The van der Waals surface area contributed by atoms with E-state index in [-0.39, 0.29) is 0 Å². The van der Waals surface area contributed by atoms with Gasteiger partial charge in [0, 0.05) is 29.7 Å². The number of hydrogen-bond acceptors (Lipinski definition) is 6. The summed E-state index contributed by atoms with van der Waals surface area (Å²) in [5.74, 6) is 7.20. The Balaban J connectivity index is 2.23. The number of fused-ring (bicyclic) bond motifs is 1. The van der Waals surface area contributed by atoms with E-state index in [1.807, 2.05) is 19.1 Å². The third-order valence-electron chi connectivity index (χ3n) is 2.53. The molecule has 0 aliphatic rings. The Labute approximate surface area is 103 Å².